The van der Waals surface area contributed by atoms with Crippen LogP contribution in [0, 0.1) is 12.8 Å². The molecule has 1 amide bonds. The lowest BCUT2D eigenvalue weighted by Crippen LogP contribution is -2.53. The number of carbonyl (C=O) groups excluding carboxylic acids is 1. The minimum atomic E-state index is -3.59. The van der Waals surface area contributed by atoms with Crippen molar-refractivity contribution in [3.63, 3.8) is 0 Å². The summed E-state index contributed by atoms with van der Waals surface area (Å²) in [4.78, 5) is 12.7. The number of nitrogens with one attached hydrogen (secondary N) is 2. The average Bonchev–Trinajstić information content (AvgIpc) is 3.32. The summed E-state index contributed by atoms with van der Waals surface area (Å²) < 4.78 is 26.7. The number of hydrogen-bond acceptors (Lipinski definition) is 4. The Labute approximate surface area is 137 Å². The Hall–Kier alpha value is -1.44. The van der Waals surface area contributed by atoms with Crippen LogP contribution in [-0.2, 0) is 10.0 Å². The first-order valence-electron chi connectivity index (χ1n) is 7.86. The van der Waals surface area contributed by atoms with Crippen LogP contribution in [0.15, 0.2) is 23.1 Å². The number of amides is 1. The zero-order chi connectivity index (χ0) is 17.3. The van der Waals surface area contributed by atoms with Crippen molar-refractivity contribution in [2.45, 2.75) is 44.0 Å². The van der Waals surface area contributed by atoms with Crippen molar-refractivity contribution in [2.24, 2.45) is 11.7 Å². The fourth-order valence-corrected chi connectivity index (χ4v) is 3.72. The van der Waals surface area contributed by atoms with Crippen LogP contribution in [0.1, 0.15) is 42.6 Å². The first kappa shape index (κ1) is 17.9. The van der Waals surface area contributed by atoms with Crippen molar-refractivity contribution in [3.05, 3.63) is 29.3 Å². The van der Waals surface area contributed by atoms with Crippen LogP contribution in [0.5, 0.6) is 0 Å². The van der Waals surface area contributed by atoms with E-state index in [1.807, 2.05) is 6.92 Å². The first-order chi connectivity index (χ1) is 10.7. The van der Waals surface area contributed by atoms with E-state index in [1.54, 1.807) is 19.9 Å². The Morgan fingerprint density at radius 2 is 2.04 bits per heavy atom. The lowest BCUT2D eigenvalue weighted by atomic mass is 9.95. The first-order valence-corrected chi connectivity index (χ1v) is 9.34. The molecule has 1 aromatic carbocycles. The van der Waals surface area contributed by atoms with E-state index in [4.69, 9.17) is 5.73 Å². The third-order valence-electron chi connectivity index (χ3n) is 4.40. The van der Waals surface area contributed by atoms with Gasteiger partial charge in [0.15, 0.2) is 0 Å². The normalized spacial score (nSPS) is 17.6. The Morgan fingerprint density at radius 1 is 1.39 bits per heavy atom. The molecule has 128 valence electrons. The van der Waals surface area contributed by atoms with Crippen LogP contribution in [-0.4, -0.2) is 33.0 Å². The monoisotopic (exact) mass is 339 g/mol. The standard InChI is InChI=1S/C16H25N3O3S/c1-4-18-23(21,22)13-8-5-11(2)14(9-13)15(20)19-16(3,10-17)12-6-7-12/h5,8-9,12,18H,4,6-7,10,17H2,1-3H3,(H,19,20). The van der Waals surface area contributed by atoms with Gasteiger partial charge in [0.05, 0.1) is 10.4 Å². The van der Waals surface area contributed by atoms with Gasteiger partial charge < -0.3 is 11.1 Å². The molecule has 0 heterocycles. The maximum absolute atomic E-state index is 12.6. The highest BCUT2D eigenvalue weighted by molar-refractivity contribution is 7.89. The molecule has 0 saturated heterocycles. The van der Waals surface area contributed by atoms with Crippen LogP contribution in [0.3, 0.4) is 0 Å². The number of nitrogens with two attached hydrogens (primary N) is 1. The molecule has 6 nitrogen and oxygen atoms in total. The molecule has 23 heavy (non-hydrogen) atoms. The van der Waals surface area contributed by atoms with Gasteiger partial charge in [0.2, 0.25) is 10.0 Å². The molecule has 0 spiro atoms. The van der Waals surface area contributed by atoms with Crippen LogP contribution in [0.4, 0.5) is 0 Å². The molecule has 1 aliphatic rings. The van der Waals surface area contributed by atoms with Crippen molar-refractivity contribution in [3.8, 4) is 0 Å². The zero-order valence-electron chi connectivity index (χ0n) is 13.8. The van der Waals surface area contributed by atoms with Gasteiger partial charge in [-0.15, -0.1) is 0 Å². The molecule has 4 N–H and O–H groups in total. The molecule has 2 rings (SSSR count). The van der Waals surface area contributed by atoms with Crippen LogP contribution in [0.2, 0.25) is 0 Å². The predicted molar refractivity (Wildman–Crippen MR) is 89.7 cm³/mol. The second kappa shape index (κ2) is 6.59. The van der Waals surface area contributed by atoms with E-state index in [-0.39, 0.29) is 10.8 Å². The molecule has 0 bridgehead atoms. The molecule has 1 fully saturated rings. The summed E-state index contributed by atoms with van der Waals surface area (Å²) in [5.41, 5.74) is 6.48. The lowest BCUT2D eigenvalue weighted by molar-refractivity contribution is 0.0897. The van der Waals surface area contributed by atoms with E-state index in [0.717, 1.165) is 18.4 Å². The van der Waals surface area contributed by atoms with Gasteiger partial charge in [0, 0.05) is 18.7 Å². The summed E-state index contributed by atoms with van der Waals surface area (Å²) in [7, 11) is -3.59. The molecule has 1 unspecified atom stereocenters. The second-order valence-electron chi connectivity index (χ2n) is 6.33. The number of aryl methyl sites for hydroxylation is 1. The minimum Gasteiger partial charge on any atom is -0.345 e. The van der Waals surface area contributed by atoms with Gasteiger partial charge in [0.25, 0.3) is 5.91 Å². The number of benzene rings is 1. The third-order valence-corrected chi connectivity index (χ3v) is 5.94. The summed E-state index contributed by atoms with van der Waals surface area (Å²) in [6, 6.07) is 4.58. The van der Waals surface area contributed by atoms with Gasteiger partial charge in [-0.25, -0.2) is 13.1 Å². The number of sulfonamides is 1. The van der Waals surface area contributed by atoms with E-state index >= 15 is 0 Å². The summed E-state index contributed by atoms with van der Waals surface area (Å²) >= 11 is 0. The second-order valence-corrected chi connectivity index (χ2v) is 8.09. The Bertz CT molecular complexity index is 699. The highest BCUT2D eigenvalue weighted by atomic mass is 32.2. The largest absolute Gasteiger partial charge is 0.345 e. The van der Waals surface area contributed by atoms with E-state index < -0.39 is 15.6 Å². The Kier molecular flexibility index (Phi) is 5.13. The number of rotatable bonds is 7. The SMILES string of the molecule is CCNS(=O)(=O)c1ccc(C)c(C(=O)NC(C)(CN)C2CC2)c1. The maximum Gasteiger partial charge on any atom is 0.252 e. The van der Waals surface area contributed by atoms with Crippen LogP contribution < -0.4 is 15.8 Å². The van der Waals surface area contributed by atoms with E-state index in [9.17, 15) is 13.2 Å². The fraction of sp³-hybridized carbons (Fsp3) is 0.562. The highest BCUT2D eigenvalue weighted by Crippen LogP contribution is 2.39. The number of carbonyl (C=O) groups is 1. The van der Waals surface area contributed by atoms with Crippen LogP contribution >= 0.6 is 0 Å². The summed E-state index contributed by atoms with van der Waals surface area (Å²) in [6.45, 7) is 6.09. The quantitative estimate of drug-likeness (QED) is 0.693. The fourth-order valence-electron chi connectivity index (χ4n) is 2.65. The third kappa shape index (κ3) is 3.91. The Morgan fingerprint density at radius 3 is 2.57 bits per heavy atom. The molecule has 1 atom stereocenters. The molecule has 1 aliphatic carbocycles. The molecule has 0 aliphatic heterocycles. The van der Waals surface area contributed by atoms with E-state index in [1.165, 1.54) is 12.1 Å². The van der Waals surface area contributed by atoms with Crippen molar-refractivity contribution in [2.75, 3.05) is 13.1 Å². The van der Waals surface area contributed by atoms with E-state index in [2.05, 4.69) is 10.0 Å². The van der Waals surface area contributed by atoms with Gasteiger partial charge in [-0.05, 0) is 50.3 Å². The van der Waals surface area contributed by atoms with Crippen LogP contribution in [0.25, 0.3) is 0 Å². The summed E-state index contributed by atoms with van der Waals surface area (Å²) in [5.74, 6) is 0.112. The van der Waals surface area contributed by atoms with Crippen molar-refractivity contribution >= 4 is 15.9 Å². The molecular weight excluding hydrogens is 314 g/mol. The molecule has 0 aromatic heterocycles. The Balaban J connectivity index is 2.30. The predicted octanol–water partition coefficient (Wildman–Crippen LogP) is 1.15. The van der Waals surface area contributed by atoms with Gasteiger partial charge >= 0.3 is 0 Å². The molecule has 1 aromatic rings. The topological polar surface area (TPSA) is 101 Å². The summed E-state index contributed by atoms with van der Waals surface area (Å²) in [6.07, 6.45) is 2.11. The van der Waals surface area contributed by atoms with Crippen molar-refractivity contribution < 1.29 is 13.2 Å². The summed E-state index contributed by atoms with van der Waals surface area (Å²) in [5, 5.41) is 2.99. The smallest absolute Gasteiger partial charge is 0.252 e. The minimum absolute atomic E-state index is 0.0935. The van der Waals surface area contributed by atoms with Gasteiger partial charge in [-0.2, -0.15) is 0 Å². The van der Waals surface area contributed by atoms with Gasteiger partial charge in [0.1, 0.15) is 0 Å². The van der Waals surface area contributed by atoms with Crippen molar-refractivity contribution in [1.29, 1.82) is 0 Å². The molecular formula is C16H25N3O3S. The molecule has 0 radical (unpaired) electrons. The number of hydrogen-bond donors (Lipinski definition) is 3. The van der Waals surface area contributed by atoms with Crippen molar-refractivity contribution in [1.82, 2.24) is 10.0 Å². The molecule has 7 heteroatoms. The van der Waals surface area contributed by atoms with Gasteiger partial charge in [-0.3, -0.25) is 4.79 Å². The molecule has 1 saturated carbocycles. The lowest BCUT2D eigenvalue weighted by Gasteiger charge is -2.29. The zero-order valence-corrected chi connectivity index (χ0v) is 14.7. The highest BCUT2D eigenvalue weighted by Gasteiger charge is 2.41. The maximum atomic E-state index is 12.6. The van der Waals surface area contributed by atoms with E-state index in [0.29, 0.717) is 24.6 Å². The average molecular weight is 339 g/mol. The van der Waals surface area contributed by atoms with Gasteiger partial charge in [-0.1, -0.05) is 13.0 Å².